The number of para-hydroxylation sites is 1. The van der Waals surface area contributed by atoms with Gasteiger partial charge in [0.15, 0.2) is 5.69 Å². The van der Waals surface area contributed by atoms with Gasteiger partial charge in [0, 0.05) is 5.56 Å². The van der Waals surface area contributed by atoms with E-state index in [-0.39, 0.29) is 5.69 Å². The molecular formula is C18H16N2O3. The van der Waals surface area contributed by atoms with Crippen LogP contribution in [0.5, 0.6) is 5.75 Å². The Balaban J connectivity index is 2.25. The number of carboxylic acids is 1. The fourth-order valence-corrected chi connectivity index (χ4v) is 2.49. The average molecular weight is 308 g/mol. The molecule has 3 rings (SSSR count). The molecule has 2 aromatic carbocycles. The summed E-state index contributed by atoms with van der Waals surface area (Å²) < 4.78 is 7.03. The van der Waals surface area contributed by atoms with Crippen LogP contribution in [0.2, 0.25) is 0 Å². The lowest BCUT2D eigenvalue weighted by atomic mass is 10.1. The Morgan fingerprint density at radius 3 is 2.61 bits per heavy atom. The van der Waals surface area contributed by atoms with E-state index in [4.69, 9.17) is 4.74 Å². The summed E-state index contributed by atoms with van der Waals surface area (Å²) in [6.45, 7) is 1.98. The van der Waals surface area contributed by atoms with Crippen LogP contribution in [0.3, 0.4) is 0 Å². The number of ether oxygens (including phenoxy) is 1. The first-order valence-corrected chi connectivity index (χ1v) is 7.14. The van der Waals surface area contributed by atoms with Gasteiger partial charge in [-0.25, -0.2) is 9.48 Å². The molecule has 1 heterocycles. The number of carboxylic acid groups (broad SMARTS) is 1. The maximum Gasteiger partial charge on any atom is 0.356 e. The van der Waals surface area contributed by atoms with Gasteiger partial charge in [-0.15, -0.1) is 0 Å². The van der Waals surface area contributed by atoms with Crippen LogP contribution in [0.25, 0.3) is 16.9 Å². The van der Waals surface area contributed by atoms with Gasteiger partial charge in [-0.3, -0.25) is 0 Å². The number of methoxy groups -OCH3 is 1. The minimum atomic E-state index is -1.06. The lowest BCUT2D eigenvalue weighted by molar-refractivity contribution is 0.0690. The first-order valence-electron chi connectivity index (χ1n) is 7.14. The van der Waals surface area contributed by atoms with Crippen LogP contribution in [0.1, 0.15) is 16.1 Å². The van der Waals surface area contributed by atoms with E-state index in [1.54, 1.807) is 17.9 Å². The number of carbonyl (C=O) groups is 1. The zero-order valence-electron chi connectivity index (χ0n) is 12.9. The van der Waals surface area contributed by atoms with E-state index >= 15 is 0 Å². The Hall–Kier alpha value is -3.08. The number of aromatic carboxylic acids is 1. The van der Waals surface area contributed by atoms with E-state index in [0.717, 1.165) is 16.8 Å². The second-order valence-corrected chi connectivity index (χ2v) is 5.17. The standard InChI is InChI=1S/C18H16N2O3/c1-12-6-5-7-13(10-12)20-16(11-15(19-20)18(21)22)14-8-3-4-9-17(14)23-2/h3-11H,1-2H3,(H,21,22). The monoisotopic (exact) mass is 308 g/mol. The van der Waals surface area contributed by atoms with Gasteiger partial charge < -0.3 is 9.84 Å². The summed E-state index contributed by atoms with van der Waals surface area (Å²) in [5, 5.41) is 13.5. The molecule has 1 N–H and O–H groups in total. The molecular weight excluding hydrogens is 292 g/mol. The quantitative estimate of drug-likeness (QED) is 0.800. The van der Waals surface area contributed by atoms with Crippen molar-refractivity contribution in [2.45, 2.75) is 6.92 Å². The fraction of sp³-hybridized carbons (Fsp3) is 0.111. The normalized spacial score (nSPS) is 10.5. The van der Waals surface area contributed by atoms with E-state index in [9.17, 15) is 9.90 Å². The first-order chi connectivity index (χ1) is 11.1. The highest BCUT2D eigenvalue weighted by Gasteiger charge is 2.18. The molecule has 0 saturated heterocycles. The van der Waals surface area contributed by atoms with Gasteiger partial charge in [0.2, 0.25) is 0 Å². The van der Waals surface area contributed by atoms with Crippen LogP contribution in [0.15, 0.2) is 54.6 Å². The van der Waals surface area contributed by atoms with Crippen LogP contribution < -0.4 is 4.74 Å². The molecule has 0 unspecified atom stereocenters. The zero-order valence-corrected chi connectivity index (χ0v) is 12.9. The SMILES string of the molecule is COc1ccccc1-c1cc(C(=O)O)nn1-c1cccc(C)c1. The van der Waals surface area contributed by atoms with Crippen molar-refractivity contribution in [2.75, 3.05) is 7.11 Å². The molecule has 0 spiro atoms. The molecule has 0 amide bonds. The zero-order chi connectivity index (χ0) is 16.4. The molecule has 0 fully saturated rings. The van der Waals surface area contributed by atoms with E-state index in [1.807, 2.05) is 55.5 Å². The number of benzene rings is 2. The van der Waals surface area contributed by atoms with Crippen molar-refractivity contribution in [1.82, 2.24) is 9.78 Å². The number of nitrogens with zero attached hydrogens (tertiary/aromatic N) is 2. The van der Waals surface area contributed by atoms with Crippen molar-refractivity contribution in [1.29, 1.82) is 0 Å². The summed E-state index contributed by atoms with van der Waals surface area (Å²) in [5.41, 5.74) is 3.33. The maximum atomic E-state index is 11.3. The topological polar surface area (TPSA) is 64.3 Å². The molecule has 1 aromatic heterocycles. The van der Waals surface area contributed by atoms with Crippen molar-refractivity contribution in [2.24, 2.45) is 0 Å². The minimum Gasteiger partial charge on any atom is -0.496 e. The molecule has 0 bridgehead atoms. The molecule has 0 radical (unpaired) electrons. The number of aromatic nitrogens is 2. The van der Waals surface area contributed by atoms with Crippen LogP contribution in [-0.4, -0.2) is 28.0 Å². The lowest BCUT2D eigenvalue weighted by Gasteiger charge is -2.11. The fourth-order valence-electron chi connectivity index (χ4n) is 2.49. The Morgan fingerprint density at radius 2 is 1.91 bits per heavy atom. The minimum absolute atomic E-state index is 0.00703. The molecule has 0 aliphatic carbocycles. The summed E-state index contributed by atoms with van der Waals surface area (Å²) >= 11 is 0. The van der Waals surface area contributed by atoms with Gasteiger partial charge in [0.1, 0.15) is 5.75 Å². The maximum absolute atomic E-state index is 11.3. The Kier molecular flexibility index (Phi) is 3.85. The van der Waals surface area contributed by atoms with Crippen LogP contribution in [0.4, 0.5) is 0 Å². The second-order valence-electron chi connectivity index (χ2n) is 5.17. The van der Waals surface area contributed by atoms with Gasteiger partial charge in [-0.2, -0.15) is 5.10 Å². The predicted octanol–water partition coefficient (Wildman–Crippen LogP) is 3.55. The van der Waals surface area contributed by atoms with Crippen molar-refractivity contribution in [3.8, 4) is 22.7 Å². The lowest BCUT2D eigenvalue weighted by Crippen LogP contribution is -2.03. The predicted molar refractivity (Wildman–Crippen MR) is 87.2 cm³/mol. The summed E-state index contributed by atoms with van der Waals surface area (Å²) in [7, 11) is 1.59. The van der Waals surface area contributed by atoms with Crippen molar-refractivity contribution < 1.29 is 14.6 Å². The summed E-state index contributed by atoms with van der Waals surface area (Å²) in [6, 6.07) is 16.8. The number of hydrogen-bond donors (Lipinski definition) is 1. The van der Waals surface area contributed by atoms with E-state index in [2.05, 4.69) is 5.10 Å². The third-order valence-electron chi connectivity index (χ3n) is 3.56. The van der Waals surface area contributed by atoms with Crippen LogP contribution in [-0.2, 0) is 0 Å². The third kappa shape index (κ3) is 2.81. The van der Waals surface area contributed by atoms with Crippen LogP contribution in [0, 0.1) is 6.92 Å². The molecule has 5 nitrogen and oxygen atoms in total. The van der Waals surface area contributed by atoms with Gasteiger partial charge in [0.25, 0.3) is 0 Å². The first kappa shape index (κ1) is 14.8. The van der Waals surface area contributed by atoms with Crippen molar-refractivity contribution in [3.63, 3.8) is 0 Å². The number of hydrogen-bond acceptors (Lipinski definition) is 3. The Morgan fingerprint density at radius 1 is 1.13 bits per heavy atom. The highest BCUT2D eigenvalue weighted by Crippen LogP contribution is 2.32. The molecule has 23 heavy (non-hydrogen) atoms. The van der Waals surface area contributed by atoms with Crippen LogP contribution >= 0.6 is 0 Å². The molecule has 5 heteroatoms. The average Bonchev–Trinajstić information content (AvgIpc) is 3.00. The summed E-state index contributed by atoms with van der Waals surface area (Å²) in [4.78, 5) is 11.3. The van der Waals surface area contributed by atoms with Gasteiger partial charge in [-0.1, -0.05) is 24.3 Å². The molecule has 0 aliphatic heterocycles. The highest BCUT2D eigenvalue weighted by molar-refractivity contribution is 5.87. The summed E-state index contributed by atoms with van der Waals surface area (Å²) in [5.74, 6) is -0.397. The summed E-state index contributed by atoms with van der Waals surface area (Å²) in [6.07, 6.45) is 0. The highest BCUT2D eigenvalue weighted by atomic mass is 16.5. The molecule has 116 valence electrons. The third-order valence-corrected chi connectivity index (χ3v) is 3.56. The molecule has 0 saturated carbocycles. The van der Waals surface area contributed by atoms with Gasteiger partial charge >= 0.3 is 5.97 Å². The Labute approximate surface area is 133 Å². The van der Waals surface area contributed by atoms with E-state index < -0.39 is 5.97 Å². The molecule has 0 aliphatic rings. The van der Waals surface area contributed by atoms with Crippen molar-refractivity contribution >= 4 is 5.97 Å². The molecule has 3 aromatic rings. The number of aryl methyl sites for hydroxylation is 1. The van der Waals surface area contributed by atoms with Gasteiger partial charge in [-0.05, 0) is 42.8 Å². The largest absolute Gasteiger partial charge is 0.496 e. The Bertz CT molecular complexity index is 868. The van der Waals surface area contributed by atoms with Gasteiger partial charge in [0.05, 0.1) is 18.5 Å². The van der Waals surface area contributed by atoms with E-state index in [1.165, 1.54) is 0 Å². The van der Waals surface area contributed by atoms with E-state index in [0.29, 0.717) is 11.4 Å². The number of rotatable bonds is 4. The molecule has 0 atom stereocenters. The van der Waals surface area contributed by atoms with Crippen molar-refractivity contribution in [3.05, 3.63) is 65.9 Å². The smallest absolute Gasteiger partial charge is 0.356 e. The second kappa shape index (κ2) is 5.96.